The number of nitrogens with zero attached hydrogens (tertiary/aromatic N) is 3. The zero-order valence-corrected chi connectivity index (χ0v) is 16.8. The maximum Gasteiger partial charge on any atom is 0.316 e. The van der Waals surface area contributed by atoms with Crippen LogP contribution in [0.3, 0.4) is 0 Å². The maximum atomic E-state index is 5.93. The van der Waals surface area contributed by atoms with Crippen LogP contribution in [0, 0.1) is 13.8 Å². The Labute approximate surface area is 166 Å². The van der Waals surface area contributed by atoms with E-state index in [0.29, 0.717) is 32.3 Å². The van der Waals surface area contributed by atoms with E-state index in [2.05, 4.69) is 20.0 Å². The minimum atomic E-state index is 0.324. The van der Waals surface area contributed by atoms with Gasteiger partial charge in [-0.3, -0.25) is 0 Å². The molecule has 0 amide bonds. The van der Waals surface area contributed by atoms with Gasteiger partial charge in [-0.15, -0.1) is 0 Å². The molecule has 1 aromatic carbocycles. The van der Waals surface area contributed by atoms with Gasteiger partial charge in [-0.05, 0) is 44.0 Å². The third kappa shape index (κ3) is 6.90. The van der Waals surface area contributed by atoms with Crippen LogP contribution < -0.4 is 14.2 Å². The normalized spacial score (nSPS) is 11.1. The van der Waals surface area contributed by atoms with E-state index in [1.54, 1.807) is 12.4 Å². The topological polar surface area (TPSA) is 75.1 Å². The lowest BCUT2D eigenvalue weighted by Crippen LogP contribution is -2.08. The van der Waals surface area contributed by atoms with Crippen LogP contribution in [0.2, 0.25) is 0 Å². The summed E-state index contributed by atoms with van der Waals surface area (Å²) in [5.74, 6) is 1.73. The maximum absolute atomic E-state index is 5.93. The Hall–Kier alpha value is -3.09. The van der Waals surface area contributed by atoms with Gasteiger partial charge in [0.2, 0.25) is 0 Å². The molecule has 0 aliphatic rings. The number of hydrogen-bond donors (Lipinski definition) is 0. The number of ether oxygens (including phenoxy) is 3. The first-order valence-electron chi connectivity index (χ1n) is 9.13. The fourth-order valence-corrected chi connectivity index (χ4v) is 2.44. The first-order valence-corrected chi connectivity index (χ1v) is 9.13. The van der Waals surface area contributed by atoms with E-state index < -0.39 is 0 Å². The molecule has 0 fully saturated rings. The lowest BCUT2D eigenvalue weighted by Gasteiger charge is -2.14. The highest BCUT2D eigenvalue weighted by Gasteiger charge is 2.07. The number of aromatic nitrogens is 2. The highest BCUT2D eigenvalue weighted by atomic mass is 16.6. The molecular formula is C21H27N3O4. The molecule has 0 saturated carbocycles. The van der Waals surface area contributed by atoms with Gasteiger partial charge in [-0.1, -0.05) is 17.3 Å². The molecule has 2 rings (SSSR count). The average Bonchev–Trinajstić information content (AvgIpc) is 2.69. The average molecular weight is 385 g/mol. The third-order valence-corrected chi connectivity index (χ3v) is 3.74. The summed E-state index contributed by atoms with van der Waals surface area (Å²) in [6.07, 6.45) is 9.42. The largest absolute Gasteiger partial charge is 0.493 e. The Morgan fingerprint density at radius 2 is 1.68 bits per heavy atom. The van der Waals surface area contributed by atoms with Gasteiger partial charge in [0.05, 0.1) is 19.4 Å². The number of oxime groups is 1. The van der Waals surface area contributed by atoms with Crippen molar-refractivity contribution >= 4 is 6.21 Å². The first-order chi connectivity index (χ1) is 13.6. The summed E-state index contributed by atoms with van der Waals surface area (Å²) < 4.78 is 17.2. The summed E-state index contributed by atoms with van der Waals surface area (Å²) in [6.45, 7) is 7.58. The quantitative estimate of drug-likeness (QED) is 0.253. The Morgan fingerprint density at radius 3 is 2.32 bits per heavy atom. The van der Waals surface area contributed by atoms with E-state index in [-0.39, 0.29) is 0 Å². The highest BCUT2D eigenvalue weighted by Crippen LogP contribution is 2.28. The zero-order valence-electron chi connectivity index (χ0n) is 16.8. The number of rotatable bonds is 11. The van der Waals surface area contributed by atoms with Crippen LogP contribution >= 0.6 is 0 Å². The molecule has 28 heavy (non-hydrogen) atoms. The van der Waals surface area contributed by atoms with Crippen molar-refractivity contribution in [3.8, 4) is 17.5 Å². The molecule has 7 heteroatoms. The van der Waals surface area contributed by atoms with Crippen molar-refractivity contribution in [2.24, 2.45) is 5.16 Å². The van der Waals surface area contributed by atoms with Crippen LogP contribution in [0.4, 0.5) is 0 Å². The summed E-state index contributed by atoms with van der Waals surface area (Å²) in [4.78, 5) is 12.8. The van der Waals surface area contributed by atoms with Crippen LogP contribution in [0.15, 0.2) is 41.8 Å². The molecule has 7 nitrogen and oxygen atoms in total. The van der Waals surface area contributed by atoms with E-state index >= 15 is 0 Å². The summed E-state index contributed by atoms with van der Waals surface area (Å²) in [5, 5.41) is 3.65. The van der Waals surface area contributed by atoms with Crippen LogP contribution in [-0.4, -0.2) is 43.1 Å². The zero-order chi connectivity index (χ0) is 20.2. The highest BCUT2D eigenvalue weighted by molar-refractivity contribution is 5.77. The molecule has 0 spiro atoms. The molecular weight excluding hydrogens is 358 g/mol. The Kier molecular flexibility index (Phi) is 8.78. The van der Waals surface area contributed by atoms with Gasteiger partial charge >= 0.3 is 6.01 Å². The number of allylic oxidation sites excluding steroid dienone is 1. The molecule has 0 radical (unpaired) electrons. The van der Waals surface area contributed by atoms with E-state index in [1.807, 2.05) is 45.1 Å². The third-order valence-electron chi connectivity index (χ3n) is 3.74. The lowest BCUT2D eigenvalue weighted by molar-refractivity contribution is 0.215. The van der Waals surface area contributed by atoms with Crippen molar-refractivity contribution in [2.45, 2.75) is 27.2 Å². The van der Waals surface area contributed by atoms with Gasteiger partial charge in [0.1, 0.15) is 25.2 Å². The molecule has 0 saturated heterocycles. The first kappa shape index (κ1) is 21.2. The summed E-state index contributed by atoms with van der Waals surface area (Å²) in [7, 11) is 1.48. The van der Waals surface area contributed by atoms with Crippen molar-refractivity contribution in [1.29, 1.82) is 0 Å². The molecule has 0 aliphatic heterocycles. The van der Waals surface area contributed by atoms with Gasteiger partial charge in [0.25, 0.3) is 0 Å². The van der Waals surface area contributed by atoms with Crippen molar-refractivity contribution < 1.29 is 19.0 Å². The minimum Gasteiger partial charge on any atom is -0.493 e. The van der Waals surface area contributed by atoms with Gasteiger partial charge in [-0.2, -0.15) is 0 Å². The fourth-order valence-electron chi connectivity index (χ4n) is 2.44. The number of benzene rings is 1. The Bertz CT molecular complexity index is 766. The molecule has 150 valence electrons. The minimum absolute atomic E-state index is 0.324. The van der Waals surface area contributed by atoms with E-state index in [0.717, 1.165) is 28.2 Å². The molecule has 0 atom stereocenters. The van der Waals surface area contributed by atoms with Gasteiger partial charge in [-0.25, -0.2) is 9.97 Å². The molecule has 0 N–H and O–H groups in total. The molecule has 0 aliphatic carbocycles. The van der Waals surface area contributed by atoms with Gasteiger partial charge < -0.3 is 19.0 Å². The van der Waals surface area contributed by atoms with Crippen molar-refractivity contribution in [3.05, 3.63) is 53.4 Å². The number of hydrogen-bond acceptors (Lipinski definition) is 7. The van der Waals surface area contributed by atoms with Crippen LogP contribution in [-0.2, 0) is 4.84 Å². The SMILES string of the molecule is C/C=C/COc1cc(C)c(OCCCOc2ncc(/C=N/OC)cn2)c(C)c1. The van der Waals surface area contributed by atoms with Gasteiger partial charge in [0, 0.05) is 24.4 Å². The number of aryl methyl sites for hydroxylation is 2. The summed E-state index contributed by atoms with van der Waals surface area (Å²) in [5.41, 5.74) is 2.84. The second-order valence-corrected chi connectivity index (χ2v) is 6.03. The van der Waals surface area contributed by atoms with Crippen LogP contribution in [0.25, 0.3) is 0 Å². The molecule has 0 unspecified atom stereocenters. The van der Waals surface area contributed by atoms with E-state index in [4.69, 9.17) is 14.2 Å². The predicted molar refractivity (Wildman–Crippen MR) is 108 cm³/mol. The van der Waals surface area contributed by atoms with E-state index in [9.17, 15) is 0 Å². The summed E-state index contributed by atoms with van der Waals surface area (Å²) in [6, 6.07) is 4.31. The van der Waals surface area contributed by atoms with Crippen LogP contribution in [0.5, 0.6) is 17.5 Å². The van der Waals surface area contributed by atoms with Gasteiger partial charge in [0.15, 0.2) is 0 Å². The second kappa shape index (κ2) is 11.6. The Balaban J connectivity index is 1.76. The molecule has 1 aromatic heterocycles. The smallest absolute Gasteiger partial charge is 0.316 e. The lowest BCUT2D eigenvalue weighted by atomic mass is 10.1. The standard InChI is InChI=1S/C21H27N3O4/c1-5-6-8-26-19-11-16(2)20(17(3)12-19)27-9-7-10-28-21-22-13-18(14-23-21)15-24-25-4/h5-6,11-15H,7-10H2,1-4H3/b6-5+,24-15+. The fraction of sp³-hybridized carbons (Fsp3) is 0.381. The van der Waals surface area contributed by atoms with E-state index in [1.165, 1.54) is 13.3 Å². The molecule has 0 bridgehead atoms. The second-order valence-electron chi connectivity index (χ2n) is 6.03. The monoisotopic (exact) mass is 385 g/mol. The van der Waals surface area contributed by atoms with Crippen molar-refractivity contribution in [2.75, 3.05) is 26.9 Å². The van der Waals surface area contributed by atoms with Crippen LogP contribution in [0.1, 0.15) is 30.0 Å². The van der Waals surface area contributed by atoms with Crippen molar-refractivity contribution in [1.82, 2.24) is 9.97 Å². The summed E-state index contributed by atoms with van der Waals surface area (Å²) >= 11 is 0. The molecule has 1 heterocycles. The molecule has 2 aromatic rings. The van der Waals surface area contributed by atoms with Crippen molar-refractivity contribution in [3.63, 3.8) is 0 Å². The Morgan fingerprint density at radius 1 is 1.00 bits per heavy atom. The predicted octanol–water partition coefficient (Wildman–Crippen LogP) is 3.88.